The molecule has 1 unspecified atom stereocenters. The van der Waals surface area contributed by atoms with Crippen molar-refractivity contribution >= 4 is 27.5 Å². The predicted octanol–water partition coefficient (Wildman–Crippen LogP) is 5.18. The zero-order valence-electron chi connectivity index (χ0n) is 10.8. The molecule has 0 aliphatic carbocycles. The first-order valence-electron chi connectivity index (χ1n) is 6.01. The molecule has 100 valence electrons. The van der Waals surface area contributed by atoms with Gasteiger partial charge in [-0.1, -0.05) is 29.8 Å². The first-order valence-corrected chi connectivity index (χ1v) is 7.18. The van der Waals surface area contributed by atoms with E-state index in [1.165, 1.54) is 0 Å². The van der Waals surface area contributed by atoms with Crippen molar-refractivity contribution in [3.63, 3.8) is 0 Å². The Labute approximate surface area is 126 Å². The van der Waals surface area contributed by atoms with E-state index in [4.69, 9.17) is 16.3 Å². The van der Waals surface area contributed by atoms with Crippen LogP contribution in [-0.4, -0.2) is 7.05 Å². The molecule has 0 spiro atoms. The molecule has 0 radical (unpaired) electrons. The fourth-order valence-corrected chi connectivity index (χ4v) is 2.53. The molecule has 1 N–H and O–H groups in total. The number of rotatable bonds is 4. The minimum atomic E-state index is 0.224. The van der Waals surface area contributed by atoms with Crippen molar-refractivity contribution in [1.29, 1.82) is 0 Å². The summed E-state index contributed by atoms with van der Waals surface area (Å²) < 4.78 is 6.81. The fraction of sp³-hybridized carbons (Fsp3) is 0.200. The summed E-state index contributed by atoms with van der Waals surface area (Å²) in [4.78, 5) is 0. The van der Waals surface area contributed by atoms with Gasteiger partial charge in [-0.05, 0) is 54.2 Å². The van der Waals surface area contributed by atoms with Crippen molar-refractivity contribution in [2.24, 2.45) is 0 Å². The Kier molecular flexibility index (Phi) is 4.86. The third-order valence-corrected chi connectivity index (χ3v) is 3.79. The zero-order valence-corrected chi connectivity index (χ0v) is 13.1. The molecule has 0 aromatic heterocycles. The van der Waals surface area contributed by atoms with Crippen LogP contribution in [0.5, 0.6) is 11.5 Å². The van der Waals surface area contributed by atoms with Crippen LogP contribution in [0.1, 0.15) is 18.5 Å². The Balaban J connectivity index is 2.33. The van der Waals surface area contributed by atoms with Gasteiger partial charge in [0.2, 0.25) is 0 Å². The van der Waals surface area contributed by atoms with Crippen LogP contribution in [0.3, 0.4) is 0 Å². The predicted molar refractivity (Wildman–Crippen MR) is 83.1 cm³/mol. The quantitative estimate of drug-likeness (QED) is 0.828. The number of hydrogen-bond donors (Lipinski definition) is 1. The highest BCUT2D eigenvalue weighted by Crippen LogP contribution is 2.34. The molecule has 0 bridgehead atoms. The third-order valence-electron chi connectivity index (χ3n) is 2.93. The monoisotopic (exact) mass is 339 g/mol. The van der Waals surface area contributed by atoms with Gasteiger partial charge in [-0.25, -0.2) is 0 Å². The van der Waals surface area contributed by atoms with Crippen LogP contribution in [0.25, 0.3) is 0 Å². The van der Waals surface area contributed by atoms with E-state index in [-0.39, 0.29) is 6.04 Å². The van der Waals surface area contributed by atoms with Gasteiger partial charge in [0.15, 0.2) is 0 Å². The Morgan fingerprint density at radius 1 is 1.16 bits per heavy atom. The first-order chi connectivity index (χ1) is 9.11. The smallest absolute Gasteiger partial charge is 0.141 e. The summed E-state index contributed by atoms with van der Waals surface area (Å²) in [6.07, 6.45) is 0. The van der Waals surface area contributed by atoms with E-state index in [1.807, 2.05) is 43.4 Å². The highest BCUT2D eigenvalue weighted by Gasteiger charge is 2.11. The summed E-state index contributed by atoms with van der Waals surface area (Å²) in [5.74, 6) is 1.59. The number of benzene rings is 2. The van der Waals surface area contributed by atoms with Crippen LogP contribution >= 0.6 is 27.5 Å². The van der Waals surface area contributed by atoms with Gasteiger partial charge < -0.3 is 10.1 Å². The molecule has 0 heterocycles. The van der Waals surface area contributed by atoms with E-state index < -0.39 is 0 Å². The molecule has 2 aromatic rings. The molecule has 2 nitrogen and oxygen atoms in total. The zero-order chi connectivity index (χ0) is 13.8. The standard InChI is InChI=1S/C15H15BrClNO/c1-10(18-2)12-5-3-4-6-14(12)19-15-8-7-11(17)9-13(15)16/h3-10,18H,1-2H3. The van der Waals surface area contributed by atoms with Crippen molar-refractivity contribution in [1.82, 2.24) is 5.32 Å². The minimum absolute atomic E-state index is 0.224. The highest BCUT2D eigenvalue weighted by molar-refractivity contribution is 9.10. The summed E-state index contributed by atoms with van der Waals surface area (Å²) in [7, 11) is 1.93. The van der Waals surface area contributed by atoms with Gasteiger partial charge in [0.25, 0.3) is 0 Å². The molecule has 0 aliphatic rings. The summed E-state index contributed by atoms with van der Waals surface area (Å²) in [5.41, 5.74) is 1.12. The SMILES string of the molecule is CNC(C)c1ccccc1Oc1ccc(Cl)cc1Br. The topological polar surface area (TPSA) is 21.3 Å². The molecule has 0 fully saturated rings. The number of para-hydroxylation sites is 1. The van der Waals surface area contributed by atoms with Gasteiger partial charge in [0, 0.05) is 16.6 Å². The molecule has 0 saturated carbocycles. The van der Waals surface area contributed by atoms with Crippen LogP contribution < -0.4 is 10.1 Å². The normalized spacial score (nSPS) is 12.2. The average molecular weight is 341 g/mol. The second kappa shape index (κ2) is 6.42. The molecular formula is C15H15BrClNO. The maximum absolute atomic E-state index is 5.97. The number of nitrogens with one attached hydrogen (secondary N) is 1. The van der Waals surface area contributed by atoms with Crippen molar-refractivity contribution in [3.05, 3.63) is 57.5 Å². The lowest BCUT2D eigenvalue weighted by atomic mass is 10.1. The van der Waals surface area contributed by atoms with Crippen LogP contribution in [0.2, 0.25) is 5.02 Å². The molecule has 0 saturated heterocycles. The summed E-state index contributed by atoms with van der Waals surface area (Å²) in [6, 6.07) is 13.7. The lowest BCUT2D eigenvalue weighted by molar-refractivity contribution is 0.463. The van der Waals surface area contributed by atoms with Gasteiger partial charge in [-0.15, -0.1) is 0 Å². The van der Waals surface area contributed by atoms with Gasteiger partial charge in [0.05, 0.1) is 4.47 Å². The van der Waals surface area contributed by atoms with Gasteiger partial charge >= 0.3 is 0 Å². The second-order valence-electron chi connectivity index (χ2n) is 4.22. The number of hydrogen-bond acceptors (Lipinski definition) is 2. The van der Waals surface area contributed by atoms with Gasteiger partial charge in [-0.2, -0.15) is 0 Å². The molecule has 0 amide bonds. The maximum Gasteiger partial charge on any atom is 0.141 e. The lowest BCUT2D eigenvalue weighted by Gasteiger charge is -2.16. The minimum Gasteiger partial charge on any atom is -0.456 e. The first kappa shape index (κ1) is 14.4. The van der Waals surface area contributed by atoms with E-state index in [9.17, 15) is 0 Å². The van der Waals surface area contributed by atoms with Crippen molar-refractivity contribution in [2.75, 3.05) is 7.05 Å². The van der Waals surface area contributed by atoms with E-state index >= 15 is 0 Å². The molecule has 1 atom stereocenters. The van der Waals surface area contributed by atoms with E-state index in [1.54, 1.807) is 0 Å². The van der Waals surface area contributed by atoms with Crippen molar-refractivity contribution in [3.8, 4) is 11.5 Å². The Bertz CT molecular complexity index is 574. The van der Waals surface area contributed by atoms with Crippen LogP contribution in [-0.2, 0) is 0 Å². The molecule has 0 aliphatic heterocycles. The fourth-order valence-electron chi connectivity index (χ4n) is 1.76. The molecular weight excluding hydrogens is 326 g/mol. The molecule has 2 aromatic carbocycles. The highest BCUT2D eigenvalue weighted by atomic mass is 79.9. The van der Waals surface area contributed by atoms with Crippen LogP contribution in [0, 0.1) is 0 Å². The Hall–Kier alpha value is -1.03. The lowest BCUT2D eigenvalue weighted by Crippen LogP contribution is -2.13. The van der Waals surface area contributed by atoms with E-state index in [0.717, 1.165) is 21.5 Å². The summed E-state index contributed by atoms with van der Waals surface area (Å²) in [5, 5.41) is 3.90. The average Bonchev–Trinajstić information content (AvgIpc) is 2.41. The largest absolute Gasteiger partial charge is 0.456 e. The third kappa shape index (κ3) is 3.50. The number of ether oxygens (including phenoxy) is 1. The van der Waals surface area contributed by atoms with Gasteiger partial charge in [0.1, 0.15) is 11.5 Å². The van der Waals surface area contributed by atoms with Crippen molar-refractivity contribution in [2.45, 2.75) is 13.0 Å². The van der Waals surface area contributed by atoms with E-state index in [2.05, 4.69) is 34.2 Å². The number of halogens is 2. The summed E-state index contributed by atoms with van der Waals surface area (Å²) >= 11 is 9.39. The van der Waals surface area contributed by atoms with Crippen LogP contribution in [0.4, 0.5) is 0 Å². The molecule has 2 rings (SSSR count). The molecule has 4 heteroatoms. The Morgan fingerprint density at radius 2 is 1.89 bits per heavy atom. The second-order valence-corrected chi connectivity index (χ2v) is 5.52. The molecule has 19 heavy (non-hydrogen) atoms. The maximum atomic E-state index is 5.97. The van der Waals surface area contributed by atoms with E-state index in [0.29, 0.717) is 5.02 Å². The van der Waals surface area contributed by atoms with Crippen LogP contribution in [0.15, 0.2) is 46.9 Å². The summed E-state index contributed by atoms with van der Waals surface area (Å²) in [6.45, 7) is 2.10. The van der Waals surface area contributed by atoms with Crippen molar-refractivity contribution < 1.29 is 4.74 Å². The van der Waals surface area contributed by atoms with Gasteiger partial charge in [-0.3, -0.25) is 0 Å². The Morgan fingerprint density at radius 3 is 2.58 bits per heavy atom.